The van der Waals surface area contributed by atoms with Crippen molar-refractivity contribution in [3.63, 3.8) is 0 Å². The maximum atomic E-state index is 12.4. The van der Waals surface area contributed by atoms with Gasteiger partial charge in [0.15, 0.2) is 0 Å². The molecule has 0 aliphatic carbocycles. The van der Waals surface area contributed by atoms with E-state index in [0.29, 0.717) is 18.3 Å². The molecule has 22 heavy (non-hydrogen) atoms. The fourth-order valence-corrected chi connectivity index (χ4v) is 4.49. The van der Waals surface area contributed by atoms with Crippen LogP contribution >= 0.6 is 22.9 Å². The Kier molecular flexibility index (Phi) is 4.54. The van der Waals surface area contributed by atoms with E-state index >= 15 is 0 Å². The molecule has 2 amide bonds. The minimum Gasteiger partial charge on any atom is -0.342 e. The number of piperidine rings is 1. The van der Waals surface area contributed by atoms with Crippen LogP contribution in [0.4, 0.5) is 0 Å². The van der Waals surface area contributed by atoms with E-state index in [2.05, 4.69) is 6.58 Å². The molecular formula is C16H19ClN2O2S. The third kappa shape index (κ3) is 3.20. The number of nitrogens with zero attached hydrogens (tertiary/aromatic N) is 2. The van der Waals surface area contributed by atoms with Crippen molar-refractivity contribution in [1.29, 1.82) is 0 Å². The molecule has 0 spiro atoms. The fourth-order valence-electron chi connectivity index (χ4n) is 3.41. The Morgan fingerprint density at radius 1 is 1.27 bits per heavy atom. The minimum absolute atomic E-state index is 0.00328. The zero-order valence-electron chi connectivity index (χ0n) is 12.3. The summed E-state index contributed by atoms with van der Waals surface area (Å²) < 4.78 is 0.719. The van der Waals surface area contributed by atoms with E-state index in [4.69, 9.17) is 11.6 Å². The first-order chi connectivity index (χ1) is 10.6. The van der Waals surface area contributed by atoms with Crippen LogP contribution in [-0.2, 0) is 16.0 Å². The highest BCUT2D eigenvalue weighted by atomic mass is 35.5. The Morgan fingerprint density at radius 2 is 2.00 bits per heavy atom. The Bertz CT molecular complexity index is 601. The monoisotopic (exact) mass is 338 g/mol. The number of carbonyl (C=O) groups excluding carboxylic acids is 2. The van der Waals surface area contributed by atoms with Crippen LogP contribution in [0.2, 0.25) is 4.34 Å². The van der Waals surface area contributed by atoms with Crippen molar-refractivity contribution in [3.05, 3.63) is 34.0 Å². The molecule has 2 unspecified atom stereocenters. The summed E-state index contributed by atoms with van der Waals surface area (Å²) in [6, 6.07) is 3.75. The molecule has 3 rings (SSSR count). The maximum Gasteiger partial charge on any atom is 0.245 e. The van der Waals surface area contributed by atoms with Gasteiger partial charge >= 0.3 is 0 Å². The lowest BCUT2D eigenvalue weighted by Crippen LogP contribution is -2.42. The number of rotatable bonds is 3. The van der Waals surface area contributed by atoms with Crippen molar-refractivity contribution >= 4 is 34.8 Å². The second-order valence-electron chi connectivity index (χ2n) is 5.98. The molecule has 2 aliphatic heterocycles. The molecule has 2 aliphatic rings. The number of halogens is 1. The van der Waals surface area contributed by atoms with Gasteiger partial charge in [-0.25, -0.2) is 0 Å². The molecule has 0 N–H and O–H groups in total. The lowest BCUT2D eigenvalue weighted by Gasteiger charge is -2.33. The zero-order valence-corrected chi connectivity index (χ0v) is 13.9. The third-order valence-electron chi connectivity index (χ3n) is 4.59. The largest absolute Gasteiger partial charge is 0.342 e. The maximum absolute atomic E-state index is 12.4. The SMILES string of the molecule is C=CC(=O)N1CCC2CN(C(=O)Cc3ccc(Cl)s3)CC2C1. The summed E-state index contributed by atoms with van der Waals surface area (Å²) in [6.45, 7) is 6.63. The van der Waals surface area contributed by atoms with Crippen molar-refractivity contribution in [2.75, 3.05) is 26.2 Å². The van der Waals surface area contributed by atoms with E-state index in [1.54, 1.807) is 0 Å². The summed E-state index contributed by atoms with van der Waals surface area (Å²) in [5.74, 6) is 1.07. The molecule has 0 radical (unpaired) electrons. The van der Waals surface area contributed by atoms with Crippen molar-refractivity contribution in [2.45, 2.75) is 12.8 Å². The van der Waals surface area contributed by atoms with Gasteiger partial charge < -0.3 is 9.80 Å². The first-order valence-corrected chi connectivity index (χ1v) is 8.69. The predicted octanol–water partition coefficient (Wildman–Crippen LogP) is 2.44. The van der Waals surface area contributed by atoms with E-state index < -0.39 is 0 Å². The van der Waals surface area contributed by atoms with Crippen molar-refractivity contribution in [3.8, 4) is 0 Å². The van der Waals surface area contributed by atoms with Gasteiger partial charge in [-0.2, -0.15) is 0 Å². The number of likely N-dealkylation sites (tertiary alicyclic amines) is 2. The van der Waals surface area contributed by atoms with Crippen LogP contribution in [0.3, 0.4) is 0 Å². The molecule has 1 aromatic heterocycles. The quantitative estimate of drug-likeness (QED) is 0.794. The molecule has 2 atom stereocenters. The predicted molar refractivity (Wildman–Crippen MR) is 88.0 cm³/mol. The lowest BCUT2D eigenvalue weighted by atomic mass is 9.89. The van der Waals surface area contributed by atoms with Gasteiger partial charge in [0.2, 0.25) is 11.8 Å². The standard InChI is InChI=1S/C16H19ClN2O2S/c1-2-15(20)18-6-5-11-8-19(10-12(11)9-18)16(21)7-13-3-4-14(17)22-13/h2-4,11-12H,1,5-10H2. The summed E-state index contributed by atoms with van der Waals surface area (Å²) in [6.07, 6.45) is 2.77. The molecule has 0 bridgehead atoms. The number of thiophene rings is 1. The normalized spacial score (nSPS) is 24.2. The molecule has 0 aromatic carbocycles. The van der Waals surface area contributed by atoms with Gasteiger partial charge in [-0.15, -0.1) is 11.3 Å². The summed E-state index contributed by atoms with van der Waals surface area (Å²) in [5.41, 5.74) is 0. The first kappa shape index (κ1) is 15.6. The molecule has 0 saturated carbocycles. The van der Waals surface area contributed by atoms with Crippen LogP contribution in [0.1, 0.15) is 11.3 Å². The number of amides is 2. The average Bonchev–Trinajstić information content (AvgIpc) is 3.11. The van der Waals surface area contributed by atoms with Crippen molar-refractivity contribution in [2.24, 2.45) is 11.8 Å². The van der Waals surface area contributed by atoms with Crippen molar-refractivity contribution in [1.82, 2.24) is 9.80 Å². The van der Waals surface area contributed by atoms with E-state index in [0.717, 1.165) is 41.8 Å². The van der Waals surface area contributed by atoms with Gasteiger partial charge in [0.05, 0.1) is 10.8 Å². The number of carbonyl (C=O) groups is 2. The molecule has 3 heterocycles. The third-order valence-corrected chi connectivity index (χ3v) is 5.83. The molecule has 2 saturated heterocycles. The Morgan fingerprint density at radius 3 is 2.68 bits per heavy atom. The number of fused-ring (bicyclic) bond motifs is 1. The highest BCUT2D eigenvalue weighted by molar-refractivity contribution is 7.16. The molecule has 118 valence electrons. The van der Waals surface area contributed by atoms with E-state index in [1.807, 2.05) is 21.9 Å². The second kappa shape index (κ2) is 6.42. The van der Waals surface area contributed by atoms with Crippen LogP contribution in [0.5, 0.6) is 0 Å². The molecular weight excluding hydrogens is 320 g/mol. The number of hydrogen-bond acceptors (Lipinski definition) is 3. The molecule has 2 fully saturated rings. The Balaban J connectivity index is 1.58. The minimum atomic E-state index is -0.00328. The van der Waals surface area contributed by atoms with E-state index in [9.17, 15) is 9.59 Å². The van der Waals surface area contributed by atoms with E-state index in [1.165, 1.54) is 17.4 Å². The van der Waals surface area contributed by atoms with Gasteiger partial charge in [0.25, 0.3) is 0 Å². The van der Waals surface area contributed by atoms with Crippen LogP contribution in [-0.4, -0.2) is 47.8 Å². The van der Waals surface area contributed by atoms with Gasteiger partial charge in [-0.3, -0.25) is 9.59 Å². The van der Waals surface area contributed by atoms with Crippen LogP contribution in [0.25, 0.3) is 0 Å². The summed E-state index contributed by atoms with van der Waals surface area (Å²) in [4.78, 5) is 29.0. The highest BCUT2D eigenvalue weighted by Gasteiger charge is 2.39. The van der Waals surface area contributed by atoms with Gasteiger partial charge in [-0.05, 0) is 36.5 Å². The van der Waals surface area contributed by atoms with Crippen LogP contribution in [0, 0.1) is 11.8 Å². The molecule has 4 nitrogen and oxygen atoms in total. The van der Waals surface area contributed by atoms with Gasteiger partial charge in [0.1, 0.15) is 0 Å². The summed E-state index contributed by atoms with van der Waals surface area (Å²) in [5, 5.41) is 0. The lowest BCUT2D eigenvalue weighted by molar-refractivity contribution is -0.129. The van der Waals surface area contributed by atoms with Gasteiger partial charge in [-0.1, -0.05) is 18.2 Å². The Labute approximate surface area is 139 Å². The van der Waals surface area contributed by atoms with Crippen molar-refractivity contribution < 1.29 is 9.59 Å². The van der Waals surface area contributed by atoms with Gasteiger partial charge in [0, 0.05) is 31.1 Å². The number of hydrogen-bond donors (Lipinski definition) is 0. The summed E-state index contributed by atoms with van der Waals surface area (Å²) in [7, 11) is 0. The topological polar surface area (TPSA) is 40.6 Å². The first-order valence-electron chi connectivity index (χ1n) is 7.50. The van der Waals surface area contributed by atoms with E-state index in [-0.39, 0.29) is 11.8 Å². The smallest absolute Gasteiger partial charge is 0.245 e. The van der Waals surface area contributed by atoms with Crippen LogP contribution < -0.4 is 0 Å². The summed E-state index contributed by atoms with van der Waals surface area (Å²) >= 11 is 7.37. The zero-order chi connectivity index (χ0) is 15.7. The highest BCUT2D eigenvalue weighted by Crippen LogP contribution is 2.32. The second-order valence-corrected chi connectivity index (χ2v) is 7.78. The molecule has 1 aromatic rings. The Hall–Kier alpha value is -1.33. The fraction of sp³-hybridized carbons (Fsp3) is 0.500. The van der Waals surface area contributed by atoms with Crippen LogP contribution in [0.15, 0.2) is 24.8 Å². The molecule has 6 heteroatoms. The average molecular weight is 339 g/mol.